The summed E-state index contributed by atoms with van der Waals surface area (Å²) in [6, 6.07) is 11.0. The minimum atomic E-state index is -0.775. The fourth-order valence-corrected chi connectivity index (χ4v) is 2.09. The molecule has 0 saturated heterocycles. The number of benzene rings is 2. The fourth-order valence-electron chi connectivity index (χ4n) is 2.09. The van der Waals surface area contributed by atoms with Crippen molar-refractivity contribution >= 4 is 23.3 Å². The lowest BCUT2D eigenvalue weighted by Crippen LogP contribution is -2.28. The van der Waals surface area contributed by atoms with Gasteiger partial charge in [0, 0.05) is 32.0 Å². The molecule has 0 fully saturated rings. The van der Waals surface area contributed by atoms with Crippen LogP contribution in [-0.2, 0) is 16.1 Å². The van der Waals surface area contributed by atoms with E-state index in [4.69, 9.17) is 10.5 Å². The van der Waals surface area contributed by atoms with Gasteiger partial charge < -0.3 is 20.7 Å². The van der Waals surface area contributed by atoms with E-state index in [-0.39, 0.29) is 11.3 Å². The zero-order valence-electron chi connectivity index (χ0n) is 14.1. The molecule has 0 aliphatic heterocycles. The van der Waals surface area contributed by atoms with Gasteiger partial charge in [-0.1, -0.05) is 12.1 Å². The number of halogens is 1. The molecule has 0 saturated carbocycles. The lowest BCUT2D eigenvalue weighted by atomic mass is 10.2. The average molecular weight is 345 g/mol. The van der Waals surface area contributed by atoms with E-state index in [0.717, 1.165) is 23.4 Å². The fraction of sp³-hybridized carbons (Fsp3) is 0.222. The molecule has 2 aromatic carbocycles. The normalized spacial score (nSPS) is 10.2. The third kappa shape index (κ3) is 5.20. The van der Waals surface area contributed by atoms with E-state index in [1.54, 1.807) is 0 Å². The molecule has 0 aromatic heterocycles. The van der Waals surface area contributed by atoms with Crippen molar-refractivity contribution in [1.82, 2.24) is 5.32 Å². The molecule has 7 heteroatoms. The largest absolute Gasteiger partial charge is 0.452 e. The van der Waals surface area contributed by atoms with Crippen LogP contribution in [0.25, 0.3) is 0 Å². The Morgan fingerprint density at radius 1 is 1.16 bits per heavy atom. The Morgan fingerprint density at radius 3 is 2.44 bits per heavy atom. The lowest BCUT2D eigenvalue weighted by Gasteiger charge is -2.13. The highest BCUT2D eigenvalue weighted by atomic mass is 19.1. The molecule has 0 radical (unpaired) electrons. The van der Waals surface area contributed by atoms with Crippen LogP contribution in [0, 0.1) is 5.82 Å². The van der Waals surface area contributed by atoms with Gasteiger partial charge in [0.05, 0.1) is 5.56 Å². The maximum Gasteiger partial charge on any atom is 0.340 e. The third-order valence-corrected chi connectivity index (χ3v) is 3.51. The van der Waals surface area contributed by atoms with Gasteiger partial charge in [-0.2, -0.15) is 0 Å². The molecule has 0 bridgehead atoms. The number of nitrogen functional groups attached to an aromatic ring is 1. The topological polar surface area (TPSA) is 84.7 Å². The predicted molar refractivity (Wildman–Crippen MR) is 93.7 cm³/mol. The predicted octanol–water partition coefficient (Wildman–Crippen LogP) is 1.95. The van der Waals surface area contributed by atoms with Crippen LogP contribution >= 0.6 is 0 Å². The van der Waals surface area contributed by atoms with E-state index >= 15 is 0 Å². The first-order chi connectivity index (χ1) is 11.9. The second-order valence-electron chi connectivity index (χ2n) is 5.65. The highest BCUT2D eigenvalue weighted by Crippen LogP contribution is 2.14. The summed E-state index contributed by atoms with van der Waals surface area (Å²) < 4.78 is 17.8. The summed E-state index contributed by atoms with van der Waals surface area (Å²) >= 11 is 0. The number of nitrogens with one attached hydrogen (secondary N) is 1. The van der Waals surface area contributed by atoms with E-state index in [1.165, 1.54) is 6.07 Å². The van der Waals surface area contributed by atoms with Crippen LogP contribution in [0.15, 0.2) is 42.5 Å². The minimum absolute atomic E-state index is 0.0217. The van der Waals surface area contributed by atoms with Crippen molar-refractivity contribution in [3.63, 3.8) is 0 Å². The van der Waals surface area contributed by atoms with Gasteiger partial charge in [-0.15, -0.1) is 0 Å². The number of esters is 1. The first-order valence-electron chi connectivity index (χ1n) is 7.62. The van der Waals surface area contributed by atoms with Crippen LogP contribution in [0.4, 0.5) is 15.8 Å². The minimum Gasteiger partial charge on any atom is -0.452 e. The number of nitrogens with zero attached hydrogens (tertiary/aromatic N) is 1. The first kappa shape index (κ1) is 18.3. The summed E-state index contributed by atoms with van der Waals surface area (Å²) in [5.74, 6) is -1.76. The Morgan fingerprint density at radius 2 is 1.84 bits per heavy atom. The zero-order valence-corrected chi connectivity index (χ0v) is 14.1. The summed E-state index contributed by atoms with van der Waals surface area (Å²) in [5, 5.41) is 2.66. The average Bonchev–Trinajstić information content (AvgIpc) is 2.58. The van der Waals surface area contributed by atoms with Gasteiger partial charge in [-0.05, 0) is 35.9 Å². The molecule has 0 aliphatic rings. The van der Waals surface area contributed by atoms with Crippen LogP contribution < -0.4 is 16.0 Å². The quantitative estimate of drug-likeness (QED) is 0.617. The Hall–Kier alpha value is -3.09. The Labute approximate surface area is 145 Å². The summed E-state index contributed by atoms with van der Waals surface area (Å²) in [6.45, 7) is -0.117. The van der Waals surface area contributed by atoms with Crippen molar-refractivity contribution in [1.29, 1.82) is 0 Å². The van der Waals surface area contributed by atoms with Gasteiger partial charge in [-0.3, -0.25) is 4.79 Å². The molecule has 0 spiro atoms. The molecule has 2 aromatic rings. The van der Waals surface area contributed by atoms with Crippen LogP contribution in [0.3, 0.4) is 0 Å². The van der Waals surface area contributed by atoms with E-state index < -0.39 is 24.3 Å². The third-order valence-electron chi connectivity index (χ3n) is 3.51. The number of ether oxygens (including phenoxy) is 1. The van der Waals surface area contributed by atoms with E-state index in [1.807, 2.05) is 43.3 Å². The number of hydrogen-bond acceptors (Lipinski definition) is 5. The number of carbonyl (C=O) groups excluding carboxylic acids is 2. The molecular weight excluding hydrogens is 325 g/mol. The summed E-state index contributed by atoms with van der Waals surface area (Å²) in [6.07, 6.45) is 0. The molecule has 3 N–H and O–H groups in total. The van der Waals surface area contributed by atoms with Crippen molar-refractivity contribution < 1.29 is 18.7 Å². The van der Waals surface area contributed by atoms with Gasteiger partial charge in [-0.25, -0.2) is 9.18 Å². The Bertz CT molecular complexity index is 761. The van der Waals surface area contributed by atoms with Gasteiger partial charge >= 0.3 is 5.97 Å². The maximum absolute atomic E-state index is 13.0. The molecule has 2 rings (SSSR count). The molecule has 25 heavy (non-hydrogen) atoms. The molecular formula is C18H20FN3O3. The van der Waals surface area contributed by atoms with Crippen molar-refractivity contribution in [2.45, 2.75) is 6.54 Å². The molecule has 0 heterocycles. The Balaban J connectivity index is 1.81. The second kappa shape index (κ2) is 8.14. The van der Waals surface area contributed by atoms with Gasteiger partial charge in [0.15, 0.2) is 6.61 Å². The first-order valence-corrected chi connectivity index (χ1v) is 7.62. The smallest absolute Gasteiger partial charge is 0.340 e. The summed E-state index contributed by atoms with van der Waals surface area (Å²) in [4.78, 5) is 25.6. The van der Waals surface area contributed by atoms with Crippen LogP contribution in [0.2, 0.25) is 0 Å². The molecule has 132 valence electrons. The monoisotopic (exact) mass is 345 g/mol. The highest BCUT2D eigenvalue weighted by Gasteiger charge is 2.13. The van der Waals surface area contributed by atoms with Crippen molar-refractivity contribution in [2.24, 2.45) is 0 Å². The lowest BCUT2D eigenvalue weighted by molar-refractivity contribution is -0.124. The SMILES string of the molecule is CN(C)c1ccc(CNC(=O)COC(=O)c2ccc(F)cc2N)cc1. The number of carbonyl (C=O) groups is 2. The van der Waals surface area contributed by atoms with Crippen LogP contribution in [0.1, 0.15) is 15.9 Å². The maximum atomic E-state index is 13.0. The summed E-state index contributed by atoms with van der Waals surface area (Å²) in [5.41, 5.74) is 7.52. The number of hydrogen-bond donors (Lipinski definition) is 2. The zero-order chi connectivity index (χ0) is 18.4. The Kier molecular flexibility index (Phi) is 5.94. The van der Waals surface area contributed by atoms with Crippen molar-refractivity contribution in [2.75, 3.05) is 31.3 Å². The number of nitrogens with two attached hydrogens (primary N) is 1. The van der Waals surface area contributed by atoms with Crippen LogP contribution in [-0.4, -0.2) is 32.6 Å². The van der Waals surface area contributed by atoms with Crippen molar-refractivity contribution in [3.05, 3.63) is 59.4 Å². The number of amides is 1. The number of rotatable bonds is 6. The molecule has 6 nitrogen and oxygen atoms in total. The molecule has 0 aliphatic carbocycles. The van der Waals surface area contributed by atoms with E-state index in [9.17, 15) is 14.0 Å². The molecule has 0 atom stereocenters. The number of anilines is 2. The van der Waals surface area contributed by atoms with Crippen molar-refractivity contribution in [3.8, 4) is 0 Å². The summed E-state index contributed by atoms with van der Waals surface area (Å²) in [7, 11) is 3.89. The highest BCUT2D eigenvalue weighted by molar-refractivity contribution is 5.96. The second-order valence-corrected chi connectivity index (χ2v) is 5.65. The van der Waals surface area contributed by atoms with Gasteiger partial charge in [0.2, 0.25) is 0 Å². The van der Waals surface area contributed by atoms with Crippen LogP contribution in [0.5, 0.6) is 0 Å². The standard InChI is InChI=1S/C18H20FN3O3/c1-22(2)14-6-3-12(4-7-14)10-21-17(23)11-25-18(24)15-8-5-13(19)9-16(15)20/h3-9H,10-11,20H2,1-2H3,(H,21,23). The molecule has 0 unspecified atom stereocenters. The molecule has 1 amide bonds. The van der Waals surface area contributed by atoms with Gasteiger partial charge in [0.1, 0.15) is 5.82 Å². The van der Waals surface area contributed by atoms with E-state index in [0.29, 0.717) is 6.54 Å². The van der Waals surface area contributed by atoms with Gasteiger partial charge in [0.25, 0.3) is 5.91 Å². The van der Waals surface area contributed by atoms with E-state index in [2.05, 4.69) is 5.32 Å².